The largest absolute Gasteiger partial charge is 0.339 e. The van der Waals surface area contributed by atoms with Crippen molar-refractivity contribution in [3.63, 3.8) is 0 Å². The van der Waals surface area contributed by atoms with Crippen LogP contribution in [0, 0.1) is 10.1 Å². The third-order valence-corrected chi connectivity index (χ3v) is 5.38. The highest BCUT2D eigenvalue weighted by molar-refractivity contribution is 8.00. The van der Waals surface area contributed by atoms with Gasteiger partial charge in [-0.2, -0.15) is 0 Å². The number of nitro groups is 1. The highest BCUT2D eigenvalue weighted by Gasteiger charge is 2.21. The van der Waals surface area contributed by atoms with Crippen LogP contribution in [0.5, 0.6) is 0 Å². The zero-order valence-corrected chi connectivity index (χ0v) is 15.2. The number of hydrogen-bond donors (Lipinski definition) is 0. The van der Waals surface area contributed by atoms with Crippen molar-refractivity contribution in [3.05, 3.63) is 70.3 Å². The fourth-order valence-corrected chi connectivity index (χ4v) is 3.70. The third-order valence-electron chi connectivity index (χ3n) is 4.38. The van der Waals surface area contributed by atoms with Gasteiger partial charge in [0.2, 0.25) is 5.91 Å². The van der Waals surface area contributed by atoms with Crippen LogP contribution in [0.2, 0.25) is 0 Å². The van der Waals surface area contributed by atoms with Crippen LogP contribution in [0.25, 0.3) is 0 Å². The lowest BCUT2D eigenvalue weighted by Gasteiger charge is -2.34. The van der Waals surface area contributed by atoms with Gasteiger partial charge in [-0.05, 0) is 17.7 Å². The van der Waals surface area contributed by atoms with Crippen molar-refractivity contribution in [1.82, 2.24) is 9.80 Å². The second-order valence-electron chi connectivity index (χ2n) is 6.18. The van der Waals surface area contributed by atoms with Gasteiger partial charge >= 0.3 is 0 Å². The second kappa shape index (κ2) is 8.82. The third kappa shape index (κ3) is 5.06. The Bertz CT molecular complexity index is 744. The Labute approximate surface area is 156 Å². The summed E-state index contributed by atoms with van der Waals surface area (Å²) in [5, 5.41) is 10.7. The van der Waals surface area contributed by atoms with Crippen LogP contribution < -0.4 is 0 Å². The van der Waals surface area contributed by atoms with Crippen molar-refractivity contribution in [2.24, 2.45) is 0 Å². The smallest absolute Gasteiger partial charge is 0.269 e. The molecule has 0 spiro atoms. The van der Waals surface area contributed by atoms with Gasteiger partial charge in [-0.1, -0.05) is 30.3 Å². The summed E-state index contributed by atoms with van der Waals surface area (Å²) in [5.74, 6) is 0.476. The molecule has 136 valence electrons. The van der Waals surface area contributed by atoms with Crippen LogP contribution in [-0.2, 0) is 11.3 Å². The number of non-ortho nitro benzene ring substituents is 1. The molecule has 0 atom stereocenters. The first-order valence-corrected chi connectivity index (χ1v) is 9.52. The van der Waals surface area contributed by atoms with Gasteiger partial charge in [0.15, 0.2) is 0 Å². The van der Waals surface area contributed by atoms with E-state index in [2.05, 4.69) is 17.0 Å². The first kappa shape index (κ1) is 18.4. The first-order chi connectivity index (χ1) is 12.6. The predicted molar refractivity (Wildman–Crippen MR) is 102 cm³/mol. The van der Waals surface area contributed by atoms with Gasteiger partial charge in [0.25, 0.3) is 5.69 Å². The molecule has 1 amide bonds. The van der Waals surface area contributed by atoms with Crippen LogP contribution >= 0.6 is 11.8 Å². The van der Waals surface area contributed by atoms with Crippen LogP contribution in [0.4, 0.5) is 5.69 Å². The van der Waals surface area contributed by atoms with Gasteiger partial charge < -0.3 is 4.90 Å². The van der Waals surface area contributed by atoms with Crippen molar-refractivity contribution in [2.45, 2.75) is 11.4 Å². The molecule has 1 fully saturated rings. The molecule has 6 nitrogen and oxygen atoms in total. The second-order valence-corrected chi connectivity index (χ2v) is 7.23. The van der Waals surface area contributed by atoms with Crippen molar-refractivity contribution in [1.29, 1.82) is 0 Å². The molecule has 0 unspecified atom stereocenters. The summed E-state index contributed by atoms with van der Waals surface area (Å²) in [6.07, 6.45) is 0. The average Bonchev–Trinajstić information content (AvgIpc) is 2.68. The van der Waals surface area contributed by atoms with Crippen molar-refractivity contribution < 1.29 is 9.72 Å². The lowest BCUT2D eigenvalue weighted by Crippen LogP contribution is -2.48. The Morgan fingerprint density at radius 1 is 1.00 bits per heavy atom. The number of benzene rings is 2. The zero-order valence-electron chi connectivity index (χ0n) is 14.4. The quantitative estimate of drug-likeness (QED) is 0.444. The molecule has 0 radical (unpaired) electrons. The molecule has 0 aromatic heterocycles. The van der Waals surface area contributed by atoms with E-state index in [4.69, 9.17) is 0 Å². The minimum atomic E-state index is -0.422. The summed E-state index contributed by atoms with van der Waals surface area (Å²) in [7, 11) is 0. The van der Waals surface area contributed by atoms with E-state index in [0.717, 1.165) is 37.6 Å². The maximum atomic E-state index is 12.4. The van der Waals surface area contributed by atoms with E-state index >= 15 is 0 Å². The van der Waals surface area contributed by atoms with Gasteiger partial charge in [0, 0.05) is 49.8 Å². The Kier molecular flexibility index (Phi) is 6.25. The number of carbonyl (C=O) groups is 1. The molecule has 2 aromatic carbocycles. The number of rotatable bonds is 6. The molecular formula is C19H21N3O3S. The molecule has 1 heterocycles. The average molecular weight is 371 g/mol. The number of nitro benzene ring substituents is 1. The molecule has 2 aromatic rings. The summed E-state index contributed by atoms with van der Waals surface area (Å²) in [6, 6.07) is 16.7. The molecule has 1 saturated heterocycles. The Balaban J connectivity index is 1.42. The minimum absolute atomic E-state index is 0.0650. The minimum Gasteiger partial charge on any atom is -0.339 e. The molecule has 1 aliphatic rings. The van der Waals surface area contributed by atoms with E-state index in [1.807, 2.05) is 23.1 Å². The summed E-state index contributed by atoms with van der Waals surface area (Å²) < 4.78 is 0. The van der Waals surface area contributed by atoms with Crippen molar-refractivity contribution in [3.8, 4) is 0 Å². The number of thioether (sulfide) groups is 1. The first-order valence-electron chi connectivity index (χ1n) is 8.53. The lowest BCUT2D eigenvalue weighted by atomic mass is 10.2. The van der Waals surface area contributed by atoms with Gasteiger partial charge in [-0.3, -0.25) is 19.8 Å². The zero-order chi connectivity index (χ0) is 18.4. The predicted octanol–water partition coefficient (Wildman–Crippen LogP) is 3.03. The lowest BCUT2D eigenvalue weighted by molar-refractivity contribution is -0.384. The molecule has 3 rings (SSSR count). The van der Waals surface area contributed by atoms with E-state index in [1.165, 1.54) is 29.5 Å². The summed E-state index contributed by atoms with van der Waals surface area (Å²) in [4.78, 5) is 27.8. The van der Waals surface area contributed by atoms with Crippen LogP contribution in [-0.4, -0.2) is 52.6 Å². The van der Waals surface area contributed by atoms with Gasteiger partial charge in [-0.25, -0.2) is 0 Å². The van der Waals surface area contributed by atoms with Gasteiger partial charge in [0.1, 0.15) is 0 Å². The fourth-order valence-electron chi connectivity index (χ4n) is 2.90. The van der Waals surface area contributed by atoms with Crippen LogP contribution in [0.3, 0.4) is 0 Å². The Hall–Kier alpha value is -2.38. The van der Waals surface area contributed by atoms with Gasteiger partial charge in [0.05, 0.1) is 10.7 Å². The molecule has 1 aliphatic heterocycles. The fraction of sp³-hybridized carbons (Fsp3) is 0.316. The monoisotopic (exact) mass is 371 g/mol. The number of piperazine rings is 1. The molecule has 7 heteroatoms. The van der Waals surface area contributed by atoms with E-state index < -0.39 is 4.92 Å². The summed E-state index contributed by atoms with van der Waals surface area (Å²) in [6.45, 7) is 4.16. The molecule has 0 aliphatic carbocycles. The van der Waals surface area contributed by atoms with E-state index in [9.17, 15) is 14.9 Å². The molecule has 0 bridgehead atoms. The highest BCUT2D eigenvalue weighted by Crippen LogP contribution is 2.22. The number of hydrogen-bond acceptors (Lipinski definition) is 5. The van der Waals surface area contributed by atoms with Gasteiger partial charge in [-0.15, -0.1) is 11.8 Å². The molecule has 26 heavy (non-hydrogen) atoms. The summed E-state index contributed by atoms with van der Waals surface area (Å²) >= 11 is 1.42. The van der Waals surface area contributed by atoms with Crippen molar-refractivity contribution in [2.75, 3.05) is 31.9 Å². The SMILES string of the molecule is O=C(CSc1ccc([N+](=O)[O-])cc1)N1CCN(Cc2ccccc2)CC1. The van der Waals surface area contributed by atoms with Crippen molar-refractivity contribution >= 4 is 23.4 Å². The maximum absolute atomic E-state index is 12.4. The van der Waals surface area contributed by atoms with E-state index in [1.54, 1.807) is 12.1 Å². The number of carbonyl (C=O) groups excluding carboxylic acids is 1. The Morgan fingerprint density at radius 2 is 1.65 bits per heavy atom. The number of nitrogens with zero attached hydrogens (tertiary/aromatic N) is 3. The Morgan fingerprint density at radius 3 is 2.27 bits per heavy atom. The number of amides is 1. The van der Waals surface area contributed by atoms with Crippen LogP contribution in [0.1, 0.15) is 5.56 Å². The van der Waals surface area contributed by atoms with Crippen LogP contribution in [0.15, 0.2) is 59.5 Å². The summed E-state index contributed by atoms with van der Waals surface area (Å²) in [5.41, 5.74) is 1.36. The standard InChI is InChI=1S/C19H21N3O3S/c23-19(15-26-18-8-6-17(7-9-18)22(24)25)21-12-10-20(11-13-21)14-16-4-2-1-3-5-16/h1-9H,10-15H2. The highest BCUT2D eigenvalue weighted by atomic mass is 32.2. The molecule has 0 N–H and O–H groups in total. The topological polar surface area (TPSA) is 66.7 Å². The molecule has 0 saturated carbocycles. The molecular weight excluding hydrogens is 350 g/mol. The normalized spacial score (nSPS) is 15.0. The van der Waals surface area contributed by atoms with E-state index in [-0.39, 0.29) is 11.6 Å². The van der Waals surface area contributed by atoms with E-state index in [0.29, 0.717) is 5.75 Å². The maximum Gasteiger partial charge on any atom is 0.269 e.